The van der Waals surface area contributed by atoms with E-state index in [4.69, 9.17) is 11.6 Å². The van der Waals surface area contributed by atoms with E-state index in [9.17, 15) is 4.79 Å². The molecule has 0 aromatic heterocycles. The number of halogens is 1. The first-order valence-electron chi connectivity index (χ1n) is 5.00. The van der Waals surface area contributed by atoms with E-state index in [1.165, 1.54) is 18.4 Å². The van der Waals surface area contributed by atoms with Gasteiger partial charge in [0, 0.05) is 9.92 Å². The Bertz CT molecular complexity index is 278. The summed E-state index contributed by atoms with van der Waals surface area (Å²) in [5.74, 6) is 0. The highest BCUT2D eigenvalue weighted by Crippen LogP contribution is 2.16. The fraction of sp³-hybridized carbons (Fsp3) is 0.364. The summed E-state index contributed by atoms with van der Waals surface area (Å²) in [5, 5.41) is 3.71. The second-order valence-electron chi connectivity index (χ2n) is 2.90. The predicted molar refractivity (Wildman–Crippen MR) is 70.7 cm³/mol. The van der Waals surface area contributed by atoms with Crippen molar-refractivity contribution in [3.63, 3.8) is 0 Å². The summed E-state index contributed by atoms with van der Waals surface area (Å²) in [6, 6.07) is 7.22. The van der Waals surface area contributed by atoms with E-state index < -0.39 is 0 Å². The fourth-order valence-corrected chi connectivity index (χ4v) is 1.43. The van der Waals surface area contributed by atoms with Gasteiger partial charge in [-0.15, -0.1) is 0 Å². The number of hydrogen-bond acceptors (Lipinski definition) is 3. The van der Waals surface area contributed by atoms with Crippen LogP contribution in [0, 0.1) is 0 Å². The van der Waals surface area contributed by atoms with E-state index in [1.807, 2.05) is 19.2 Å². The van der Waals surface area contributed by atoms with Crippen molar-refractivity contribution >= 4 is 30.0 Å². The van der Waals surface area contributed by atoms with Crippen LogP contribution in [-0.4, -0.2) is 20.0 Å². The van der Waals surface area contributed by atoms with Crippen molar-refractivity contribution in [1.82, 2.24) is 10.0 Å². The molecule has 0 radical (unpaired) electrons. The smallest absolute Gasteiger partial charge is 0.217 e. The van der Waals surface area contributed by atoms with Crippen LogP contribution >= 0.6 is 23.5 Å². The second kappa shape index (κ2) is 10.8. The molecule has 0 saturated carbocycles. The van der Waals surface area contributed by atoms with Gasteiger partial charge in [-0.05, 0) is 56.2 Å². The van der Waals surface area contributed by atoms with Crippen LogP contribution in [0.15, 0.2) is 29.2 Å². The molecule has 90 valence electrons. The third-order valence-corrected chi connectivity index (χ3v) is 2.51. The van der Waals surface area contributed by atoms with Crippen LogP contribution in [0.4, 0.5) is 0 Å². The van der Waals surface area contributed by atoms with Crippen LogP contribution in [0.5, 0.6) is 0 Å². The zero-order valence-corrected chi connectivity index (χ0v) is 11.1. The quantitative estimate of drug-likeness (QED) is 0.632. The van der Waals surface area contributed by atoms with Crippen LogP contribution in [0.2, 0.25) is 5.02 Å². The van der Waals surface area contributed by atoms with Crippen molar-refractivity contribution in [2.75, 3.05) is 13.6 Å². The minimum absolute atomic E-state index is 0.638. The minimum atomic E-state index is 0.638. The van der Waals surface area contributed by atoms with Gasteiger partial charge in [0.25, 0.3) is 0 Å². The van der Waals surface area contributed by atoms with E-state index in [2.05, 4.69) is 17.0 Å². The molecule has 1 rings (SSSR count). The highest BCUT2D eigenvalue weighted by Gasteiger charge is 1.91. The van der Waals surface area contributed by atoms with Gasteiger partial charge in [0.2, 0.25) is 6.41 Å². The van der Waals surface area contributed by atoms with Crippen LogP contribution < -0.4 is 10.0 Å². The number of rotatable bonds is 5. The number of amides is 1. The lowest BCUT2D eigenvalue weighted by Crippen LogP contribution is -2.04. The summed E-state index contributed by atoms with van der Waals surface area (Å²) >= 11 is 6.90. The van der Waals surface area contributed by atoms with Crippen LogP contribution in [0.25, 0.3) is 0 Å². The van der Waals surface area contributed by atoms with Gasteiger partial charge in [-0.25, -0.2) is 0 Å². The number of carbonyl (C=O) groups is 1. The molecule has 0 heterocycles. The van der Waals surface area contributed by atoms with E-state index in [-0.39, 0.29) is 0 Å². The zero-order chi connectivity index (χ0) is 12.2. The molecule has 0 spiro atoms. The predicted octanol–water partition coefficient (Wildman–Crippen LogP) is 2.71. The van der Waals surface area contributed by atoms with Crippen molar-refractivity contribution in [2.24, 2.45) is 0 Å². The minimum Gasteiger partial charge on any atom is -0.320 e. The normalized spacial score (nSPS) is 8.94. The molecule has 1 aromatic rings. The van der Waals surface area contributed by atoms with E-state index in [0.717, 1.165) is 11.4 Å². The maximum absolute atomic E-state index is 9.89. The first-order chi connectivity index (χ1) is 7.74. The SMILES string of the molecule is CCCNC.O=CNSc1ccc(Cl)cc1. The molecule has 0 bridgehead atoms. The molecular formula is C11H17ClN2OS. The molecule has 2 N–H and O–H groups in total. The average molecular weight is 261 g/mol. The van der Waals surface area contributed by atoms with Crippen LogP contribution in [0.1, 0.15) is 13.3 Å². The number of nitrogens with one attached hydrogen (secondary N) is 2. The Labute approximate surface area is 106 Å². The van der Waals surface area contributed by atoms with Crippen molar-refractivity contribution in [2.45, 2.75) is 18.2 Å². The molecule has 0 fully saturated rings. The molecule has 1 aromatic carbocycles. The molecule has 0 aliphatic heterocycles. The first kappa shape index (κ1) is 15.3. The summed E-state index contributed by atoms with van der Waals surface area (Å²) in [6.45, 7) is 3.29. The molecule has 1 amide bonds. The van der Waals surface area contributed by atoms with Gasteiger partial charge in [-0.1, -0.05) is 18.5 Å². The van der Waals surface area contributed by atoms with Crippen molar-refractivity contribution in [1.29, 1.82) is 0 Å². The fourth-order valence-electron chi connectivity index (χ4n) is 0.845. The summed E-state index contributed by atoms with van der Waals surface area (Å²) in [7, 11) is 1.96. The molecule has 16 heavy (non-hydrogen) atoms. The molecule has 0 unspecified atom stereocenters. The van der Waals surface area contributed by atoms with Gasteiger partial charge < -0.3 is 5.32 Å². The van der Waals surface area contributed by atoms with Gasteiger partial charge >= 0.3 is 0 Å². The largest absolute Gasteiger partial charge is 0.320 e. The molecular weight excluding hydrogens is 244 g/mol. The van der Waals surface area contributed by atoms with E-state index in [0.29, 0.717) is 11.4 Å². The third-order valence-electron chi connectivity index (χ3n) is 1.54. The van der Waals surface area contributed by atoms with Crippen molar-refractivity contribution < 1.29 is 4.79 Å². The molecule has 0 atom stereocenters. The van der Waals surface area contributed by atoms with Gasteiger partial charge in [0.15, 0.2) is 0 Å². The number of carbonyl (C=O) groups excluding carboxylic acids is 1. The highest BCUT2D eigenvalue weighted by atomic mass is 35.5. The molecule has 5 heteroatoms. The van der Waals surface area contributed by atoms with E-state index in [1.54, 1.807) is 12.1 Å². The molecule has 3 nitrogen and oxygen atoms in total. The Morgan fingerprint density at radius 2 is 2.00 bits per heavy atom. The molecule has 0 saturated heterocycles. The maximum atomic E-state index is 9.89. The number of hydrogen-bond donors (Lipinski definition) is 2. The van der Waals surface area contributed by atoms with Gasteiger partial charge in [-0.2, -0.15) is 0 Å². The Morgan fingerprint density at radius 3 is 2.38 bits per heavy atom. The standard InChI is InChI=1S/C7H6ClNOS.C4H11N/c8-6-1-3-7(4-2-6)11-9-5-10;1-3-4-5-2/h1-5H,(H,9,10);5H,3-4H2,1-2H3. The third kappa shape index (κ3) is 8.59. The highest BCUT2D eigenvalue weighted by molar-refractivity contribution is 7.97. The van der Waals surface area contributed by atoms with Crippen molar-refractivity contribution in [3.05, 3.63) is 29.3 Å². The summed E-state index contributed by atoms with van der Waals surface area (Å²) < 4.78 is 2.48. The Morgan fingerprint density at radius 1 is 1.38 bits per heavy atom. The van der Waals surface area contributed by atoms with Gasteiger partial charge in [-0.3, -0.25) is 9.52 Å². The lowest BCUT2D eigenvalue weighted by Gasteiger charge is -1.96. The van der Waals surface area contributed by atoms with Crippen molar-refractivity contribution in [3.8, 4) is 0 Å². The van der Waals surface area contributed by atoms with Crippen LogP contribution in [0.3, 0.4) is 0 Å². The Hall–Kier alpha value is -0.710. The molecule has 0 aliphatic carbocycles. The molecule has 0 aliphatic rings. The lowest BCUT2D eigenvalue weighted by molar-refractivity contribution is -0.107. The zero-order valence-electron chi connectivity index (χ0n) is 9.50. The second-order valence-corrected chi connectivity index (χ2v) is 4.24. The topological polar surface area (TPSA) is 41.1 Å². The van der Waals surface area contributed by atoms with Gasteiger partial charge in [0.05, 0.1) is 0 Å². The monoisotopic (exact) mass is 260 g/mol. The summed E-state index contributed by atoms with van der Waals surface area (Å²) in [4.78, 5) is 10.8. The first-order valence-corrected chi connectivity index (χ1v) is 6.20. The maximum Gasteiger partial charge on any atom is 0.217 e. The lowest BCUT2D eigenvalue weighted by atomic mass is 10.4. The summed E-state index contributed by atoms with van der Waals surface area (Å²) in [6.07, 6.45) is 1.87. The van der Waals surface area contributed by atoms with Gasteiger partial charge in [0.1, 0.15) is 0 Å². The van der Waals surface area contributed by atoms with E-state index >= 15 is 0 Å². The van der Waals surface area contributed by atoms with Crippen LogP contribution in [-0.2, 0) is 4.79 Å². The Balaban J connectivity index is 0.000000385. The Kier molecular flexibility index (Phi) is 10.3. The summed E-state index contributed by atoms with van der Waals surface area (Å²) in [5.41, 5.74) is 0. The average Bonchev–Trinajstić information content (AvgIpc) is 2.30. The number of benzene rings is 1.